The van der Waals surface area contributed by atoms with Crippen molar-refractivity contribution in [2.24, 2.45) is 5.92 Å². The van der Waals surface area contributed by atoms with Crippen LogP contribution in [0.15, 0.2) is 53.2 Å². The molecule has 2 atom stereocenters. The van der Waals surface area contributed by atoms with Crippen molar-refractivity contribution in [3.63, 3.8) is 0 Å². The smallest absolute Gasteiger partial charge is 0.257 e. The van der Waals surface area contributed by atoms with Crippen LogP contribution in [0, 0.1) is 5.92 Å². The molecule has 0 unspecified atom stereocenters. The van der Waals surface area contributed by atoms with Crippen molar-refractivity contribution in [2.45, 2.75) is 25.6 Å². The summed E-state index contributed by atoms with van der Waals surface area (Å²) in [4.78, 5) is 30.1. The number of ether oxygens (including phenoxy) is 2. The monoisotopic (exact) mass is 560 g/mol. The van der Waals surface area contributed by atoms with Crippen molar-refractivity contribution >= 4 is 11.8 Å². The third-order valence-corrected chi connectivity index (χ3v) is 7.54. The molecule has 13 heteroatoms. The Kier molecular flexibility index (Phi) is 7.42. The van der Waals surface area contributed by atoms with Gasteiger partial charge in [0.25, 0.3) is 5.91 Å². The van der Waals surface area contributed by atoms with Gasteiger partial charge in [-0.3, -0.25) is 19.6 Å². The number of nitrogens with zero attached hydrogens (tertiary/aromatic N) is 6. The highest BCUT2D eigenvalue weighted by molar-refractivity contribution is 5.97. The van der Waals surface area contributed by atoms with E-state index in [-0.39, 0.29) is 30.4 Å². The third kappa shape index (κ3) is 5.66. The van der Waals surface area contributed by atoms with E-state index >= 15 is 0 Å². The maximum atomic E-state index is 13.2. The molecular weight excluding hydrogens is 528 g/mol. The molecule has 0 aliphatic carbocycles. The first-order chi connectivity index (χ1) is 20.0. The molecular formula is C28H32N8O5. The molecule has 41 heavy (non-hydrogen) atoms. The average Bonchev–Trinajstić information content (AvgIpc) is 3.78. The van der Waals surface area contributed by atoms with E-state index in [1.165, 1.54) is 7.11 Å². The zero-order valence-electron chi connectivity index (χ0n) is 22.9. The number of hydrogen-bond acceptors (Lipinski definition) is 9. The van der Waals surface area contributed by atoms with E-state index in [1.807, 2.05) is 29.1 Å². The Morgan fingerprint density at radius 1 is 1.15 bits per heavy atom. The predicted molar refractivity (Wildman–Crippen MR) is 146 cm³/mol. The molecule has 3 aromatic heterocycles. The van der Waals surface area contributed by atoms with E-state index in [1.54, 1.807) is 36.3 Å². The fourth-order valence-electron chi connectivity index (χ4n) is 5.45. The Bertz CT molecular complexity index is 1510. The number of aromatic nitrogens is 5. The molecule has 2 N–H and O–H groups in total. The van der Waals surface area contributed by atoms with Crippen molar-refractivity contribution in [1.29, 1.82) is 0 Å². The number of likely N-dealkylation sites (tertiary alicyclic amines) is 1. The van der Waals surface area contributed by atoms with Gasteiger partial charge in [-0.15, -0.1) is 5.10 Å². The number of fused-ring (bicyclic) bond motifs is 5. The van der Waals surface area contributed by atoms with Crippen LogP contribution in [0.4, 0.5) is 0 Å². The molecule has 13 nitrogen and oxygen atoms in total. The number of carbonyl (C=O) groups is 2. The minimum atomic E-state index is -0.232. The molecule has 0 spiro atoms. The third-order valence-electron chi connectivity index (χ3n) is 7.54. The summed E-state index contributed by atoms with van der Waals surface area (Å²) in [7, 11) is 3.23. The zero-order valence-corrected chi connectivity index (χ0v) is 22.9. The number of H-pyrrole nitrogens is 1. The van der Waals surface area contributed by atoms with E-state index in [9.17, 15) is 9.59 Å². The summed E-state index contributed by atoms with van der Waals surface area (Å²) < 4.78 is 19.4. The van der Waals surface area contributed by atoms with Crippen LogP contribution in [0.2, 0.25) is 0 Å². The Labute approximate surface area is 236 Å². The number of hydrogen-bond donors (Lipinski definition) is 2. The lowest BCUT2D eigenvalue weighted by Gasteiger charge is -2.21. The molecule has 2 aliphatic rings. The van der Waals surface area contributed by atoms with Crippen LogP contribution in [0.1, 0.15) is 34.3 Å². The maximum Gasteiger partial charge on any atom is 0.257 e. The molecule has 4 aromatic rings. The molecule has 6 rings (SSSR count). The number of para-hydroxylation sites is 1. The molecule has 2 amide bonds. The number of aromatic amines is 1. The van der Waals surface area contributed by atoms with Crippen molar-refractivity contribution < 1.29 is 23.5 Å². The van der Waals surface area contributed by atoms with Crippen molar-refractivity contribution in [1.82, 2.24) is 40.3 Å². The van der Waals surface area contributed by atoms with Crippen LogP contribution in [-0.4, -0.2) is 87.1 Å². The molecule has 0 saturated carbocycles. The molecule has 2 bridgehead atoms. The van der Waals surface area contributed by atoms with Gasteiger partial charge in [-0.25, -0.2) is 4.68 Å². The van der Waals surface area contributed by atoms with Crippen LogP contribution >= 0.6 is 0 Å². The van der Waals surface area contributed by atoms with Gasteiger partial charge in [0.05, 0.1) is 31.5 Å². The summed E-state index contributed by atoms with van der Waals surface area (Å²) in [5, 5.41) is 18.6. The topological polar surface area (TPSA) is 144 Å². The number of carbonyl (C=O) groups excluding carboxylic acids is 2. The van der Waals surface area contributed by atoms with Crippen LogP contribution in [0.5, 0.6) is 11.5 Å². The standard InChI is InChI=1S/C28H32N8O5/c1-34-11-10-29-26(37)12-18-13-35(15-20-6-7-24(41-20)22-8-9-30-32-22)16-23(18)36-14-19(31-33-36)17-40-27-21(28(34)38)4-3-5-25(27)39-2/h3-9,14,18,23H,10-13,15-17H2,1-2H3,(H,29,37)(H,30,32)/t18-,23+/m0/s1. The van der Waals surface area contributed by atoms with Gasteiger partial charge in [-0.2, -0.15) is 5.10 Å². The van der Waals surface area contributed by atoms with Gasteiger partial charge in [-0.05, 0) is 30.3 Å². The summed E-state index contributed by atoms with van der Waals surface area (Å²) in [6.45, 7) is 2.74. The van der Waals surface area contributed by atoms with Crippen molar-refractivity contribution in [3.05, 3.63) is 65.8 Å². The first-order valence-corrected chi connectivity index (χ1v) is 13.5. The quantitative estimate of drug-likeness (QED) is 0.384. The van der Waals surface area contributed by atoms with Crippen molar-refractivity contribution in [3.8, 4) is 23.0 Å². The Morgan fingerprint density at radius 3 is 2.88 bits per heavy atom. The Hall–Kier alpha value is -4.65. The average molecular weight is 561 g/mol. The number of rotatable bonds is 4. The minimum Gasteiger partial charge on any atom is -0.493 e. The lowest BCUT2D eigenvalue weighted by atomic mass is 9.99. The summed E-state index contributed by atoms with van der Waals surface area (Å²) in [6.07, 6.45) is 3.85. The summed E-state index contributed by atoms with van der Waals surface area (Å²) in [5.74, 6) is 2.04. The Morgan fingerprint density at radius 2 is 2.05 bits per heavy atom. The molecule has 1 saturated heterocycles. The highest BCUT2D eigenvalue weighted by Crippen LogP contribution is 2.34. The number of furan rings is 1. The van der Waals surface area contributed by atoms with E-state index in [4.69, 9.17) is 13.9 Å². The largest absolute Gasteiger partial charge is 0.493 e. The zero-order chi connectivity index (χ0) is 28.3. The van der Waals surface area contributed by atoms with Gasteiger partial charge >= 0.3 is 0 Å². The lowest BCUT2D eigenvalue weighted by molar-refractivity contribution is -0.122. The van der Waals surface area contributed by atoms with Gasteiger partial charge in [0.1, 0.15) is 23.8 Å². The molecule has 1 fully saturated rings. The fraction of sp³-hybridized carbons (Fsp3) is 0.393. The molecule has 0 radical (unpaired) electrons. The second-order valence-electron chi connectivity index (χ2n) is 10.4. The van der Waals surface area contributed by atoms with Gasteiger partial charge in [-0.1, -0.05) is 11.3 Å². The first kappa shape index (κ1) is 26.6. The fourth-order valence-corrected chi connectivity index (χ4v) is 5.45. The van der Waals surface area contributed by atoms with Crippen LogP contribution < -0.4 is 14.8 Å². The van der Waals surface area contributed by atoms with Crippen LogP contribution in [-0.2, 0) is 17.9 Å². The van der Waals surface area contributed by atoms with Gasteiger partial charge in [0.15, 0.2) is 17.3 Å². The number of nitrogens with one attached hydrogen (secondary N) is 2. The normalized spacial score (nSPS) is 20.3. The number of methoxy groups -OCH3 is 1. The molecule has 2 aliphatic heterocycles. The van der Waals surface area contributed by atoms with Gasteiger partial charge in [0, 0.05) is 51.8 Å². The maximum absolute atomic E-state index is 13.2. The number of benzene rings is 1. The first-order valence-electron chi connectivity index (χ1n) is 13.5. The number of likely N-dealkylation sites (N-methyl/N-ethyl adjacent to an activating group) is 1. The van der Waals surface area contributed by atoms with E-state index in [0.717, 1.165) is 17.2 Å². The van der Waals surface area contributed by atoms with Gasteiger partial charge < -0.3 is 24.1 Å². The van der Waals surface area contributed by atoms with Gasteiger partial charge in [0.2, 0.25) is 5.91 Å². The second kappa shape index (κ2) is 11.5. The number of amides is 2. The highest BCUT2D eigenvalue weighted by atomic mass is 16.5. The summed E-state index contributed by atoms with van der Waals surface area (Å²) >= 11 is 0. The summed E-state index contributed by atoms with van der Waals surface area (Å²) in [5.41, 5.74) is 1.79. The van der Waals surface area contributed by atoms with Crippen LogP contribution in [0.3, 0.4) is 0 Å². The van der Waals surface area contributed by atoms with Crippen molar-refractivity contribution in [2.75, 3.05) is 40.3 Å². The van der Waals surface area contributed by atoms with Crippen LogP contribution in [0.25, 0.3) is 11.5 Å². The summed E-state index contributed by atoms with van der Waals surface area (Å²) in [6, 6.07) is 10.9. The van der Waals surface area contributed by atoms with E-state index in [2.05, 4.69) is 30.7 Å². The second-order valence-corrected chi connectivity index (χ2v) is 10.4. The molecule has 5 heterocycles. The SMILES string of the molecule is COc1cccc2c1OCc1cn(nn1)[C@@H]1CN(Cc3ccc(-c4ccn[nH]4)o3)C[C@@H]1CC(=O)NCCN(C)C2=O. The predicted octanol–water partition coefficient (Wildman–Crippen LogP) is 2.11. The lowest BCUT2D eigenvalue weighted by Crippen LogP contribution is -2.37. The van der Waals surface area contributed by atoms with E-state index in [0.29, 0.717) is 61.9 Å². The molecule has 214 valence electrons. The molecule has 1 aromatic carbocycles. The van der Waals surface area contributed by atoms with E-state index < -0.39 is 0 Å². The Balaban J connectivity index is 1.24. The minimum absolute atomic E-state index is 0.000551. The highest BCUT2D eigenvalue weighted by Gasteiger charge is 2.36.